The van der Waals surface area contributed by atoms with E-state index < -0.39 is 30.0 Å². The molecule has 0 aromatic heterocycles. The number of rotatable bonds is 15. The fourth-order valence-electron chi connectivity index (χ4n) is 3.58. The Labute approximate surface area is 197 Å². The number of carbonyl (C=O) groups is 1. The molecule has 0 aromatic carbocycles. The molecule has 8 N–H and O–H groups in total. The van der Waals surface area contributed by atoms with Crippen molar-refractivity contribution >= 4 is 5.97 Å². The van der Waals surface area contributed by atoms with Crippen LogP contribution in [0.15, 0.2) is 24.3 Å². The number of hydrogen-bond donors (Lipinski definition) is 7. The molecular weight excluding hydrogens is 430 g/mol. The fourth-order valence-corrected chi connectivity index (χ4v) is 3.58. The molecule has 5 atom stereocenters. The van der Waals surface area contributed by atoms with Gasteiger partial charge in [0.1, 0.15) is 0 Å². The number of unbranched alkanes of at least 4 members (excludes halogenated alkanes) is 3. The van der Waals surface area contributed by atoms with Gasteiger partial charge in [0.05, 0.1) is 31.5 Å². The minimum absolute atomic E-state index is 0.0650. The van der Waals surface area contributed by atoms with Crippen molar-refractivity contribution in [1.29, 1.82) is 0 Å². The Kier molecular flexibility index (Phi) is 17.3. The SMILES string of the molecule is CCCCCC(O)C=CC1C(O)CC(O)C1CC=CCCCC(=O)O.COC(N)(CO)CO. The van der Waals surface area contributed by atoms with Gasteiger partial charge in [0.25, 0.3) is 0 Å². The largest absolute Gasteiger partial charge is 0.481 e. The number of allylic oxidation sites excluding steroid dienone is 2. The molecule has 0 spiro atoms. The number of hydrogen-bond acceptors (Lipinski definition) is 8. The van der Waals surface area contributed by atoms with E-state index in [0.717, 1.165) is 25.7 Å². The van der Waals surface area contributed by atoms with Crippen molar-refractivity contribution in [2.75, 3.05) is 20.3 Å². The lowest BCUT2D eigenvalue weighted by Crippen LogP contribution is -2.48. The zero-order valence-electron chi connectivity index (χ0n) is 20.1. The molecule has 1 rings (SSSR count). The Morgan fingerprint density at radius 1 is 1.15 bits per heavy atom. The van der Waals surface area contributed by atoms with E-state index in [1.165, 1.54) is 7.11 Å². The highest BCUT2D eigenvalue weighted by atomic mass is 16.5. The van der Waals surface area contributed by atoms with E-state index >= 15 is 0 Å². The average Bonchev–Trinajstić information content (AvgIpc) is 3.06. The van der Waals surface area contributed by atoms with E-state index in [2.05, 4.69) is 11.7 Å². The van der Waals surface area contributed by atoms with Crippen LogP contribution in [0.1, 0.15) is 64.7 Å². The molecule has 194 valence electrons. The Morgan fingerprint density at radius 3 is 2.33 bits per heavy atom. The third-order valence-electron chi connectivity index (χ3n) is 5.85. The van der Waals surface area contributed by atoms with Crippen LogP contribution < -0.4 is 5.73 Å². The van der Waals surface area contributed by atoms with Crippen molar-refractivity contribution in [2.24, 2.45) is 17.6 Å². The van der Waals surface area contributed by atoms with Crippen LogP contribution in [-0.2, 0) is 9.53 Å². The smallest absolute Gasteiger partial charge is 0.303 e. The summed E-state index contributed by atoms with van der Waals surface area (Å²) in [6.45, 7) is 1.37. The normalized spacial score (nSPS) is 24.2. The van der Waals surface area contributed by atoms with Crippen molar-refractivity contribution in [3.63, 3.8) is 0 Å². The molecule has 1 aliphatic carbocycles. The van der Waals surface area contributed by atoms with E-state index in [-0.39, 0.29) is 31.5 Å². The molecule has 9 heteroatoms. The van der Waals surface area contributed by atoms with Crippen molar-refractivity contribution in [3.05, 3.63) is 24.3 Å². The van der Waals surface area contributed by atoms with Crippen LogP contribution >= 0.6 is 0 Å². The zero-order valence-corrected chi connectivity index (χ0v) is 20.1. The molecule has 9 nitrogen and oxygen atoms in total. The van der Waals surface area contributed by atoms with Crippen LogP contribution in [0.25, 0.3) is 0 Å². The third kappa shape index (κ3) is 13.8. The first-order valence-corrected chi connectivity index (χ1v) is 11.8. The van der Waals surface area contributed by atoms with Gasteiger partial charge in [0, 0.05) is 25.9 Å². The molecule has 0 aromatic rings. The van der Waals surface area contributed by atoms with Gasteiger partial charge in [-0.3, -0.25) is 10.5 Å². The highest BCUT2D eigenvalue weighted by Gasteiger charge is 2.39. The molecule has 0 heterocycles. The summed E-state index contributed by atoms with van der Waals surface area (Å²) in [6.07, 6.45) is 12.3. The second-order valence-electron chi connectivity index (χ2n) is 8.64. The number of methoxy groups -OCH3 is 1. The van der Waals surface area contributed by atoms with Crippen LogP contribution in [0.3, 0.4) is 0 Å². The summed E-state index contributed by atoms with van der Waals surface area (Å²) in [6, 6.07) is 0. The lowest BCUT2D eigenvalue weighted by Gasteiger charge is -2.21. The molecule has 1 fully saturated rings. The maximum atomic E-state index is 10.5. The Bertz CT molecular complexity index is 556. The number of aliphatic hydroxyl groups is 5. The van der Waals surface area contributed by atoms with Crippen LogP contribution in [0.4, 0.5) is 0 Å². The summed E-state index contributed by atoms with van der Waals surface area (Å²) in [5.41, 5.74) is 3.91. The first kappa shape index (κ1) is 31.7. The van der Waals surface area contributed by atoms with Crippen LogP contribution in [0.5, 0.6) is 0 Å². The van der Waals surface area contributed by atoms with Crippen LogP contribution in [0, 0.1) is 11.8 Å². The average molecular weight is 476 g/mol. The van der Waals surface area contributed by atoms with Gasteiger partial charge in [-0.25, -0.2) is 0 Å². The lowest BCUT2D eigenvalue weighted by molar-refractivity contribution is -0.137. The quantitative estimate of drug-likeness (QED) is 0.105. The number of carboxylic acid groups (broad SMARTS) is 1. The molecule has 33 heavy (non-hydrogen) atoms. The summed E-state index contributed by atoms with van der Waals surface area (Å²) >= 11 is 0. The van der Waals surface area contributed by atoms with Gasteiger partial charge in [-0.15, -0.1) is 0 Å². The van der Waals surface area contributed by atoms with Gasteiger partial charge in [-0.1, -0.05) is 50.5 Å². The molecule has 0 radical (unpaired) electrons. The molecular formula is C24H45NO8. The molecule has 0 bridgehead atoms. The predicted octanol–water partition coefficient (Wildman–Crippen LogP) is 1.32. The van der Waals surface area contributed by atoms with Gasteiger partial charge in [0.2, 0.25) is 0 Å². The highest BCUT2D eigenvalue weighted by Crippen LogP contribution is 2.36. The topological polar surface area (TPSA) is 174 Å². The predicted molar refractivity (Wildman–Crippen MR) is 126 cm³/mol. The van der Waals surface area contributed by atoms with E-state index in [4.69, 9.17) is 21.1 Å². The third-order valence-corrected chi connectivity index (χ3v) is 5.85. The molecule has 0 amide bonds. The van der Waals surface area contributed by atoms with Gasteiger partial charge >= 0.3 is 5.97 Å². The van der Waals surface area contributed by atoms with Gasteiger partial charge in [-0.2, -0.15) is 0 Å². The summed E-state index contributed by atoms with van der Waals surface area (Å²) in [7, 11) is 1.33. The maximum Gasteiger partial charge on any atom is 0.303 e. The number of carboxylic acids is 1. The van der Waals surface area contributed by atoms with E-state index in [9.17, 15) is 20.1 Å². The number of nitrogens with two attached hydrogens (primary N) is 1. The Hall–Kier alpha value is -1.33. The first-order valence-electron chi connectivity index (χ1n) is 11.8. The number of ether oxygens (including phenoxy) is 1. The summed E-state index contributed by atoms with van der Waals surface area (Å²) in [4.78, 5) is 10.5. The van der Waals surface area contributed by atoms with Gasteiger partial charge < -0.3 is 35.4 Å². The Balaban J connectivity index is 0.00000109. The molecule has 5 unspecified atom stereocenters. The molecule has 0 saturated heterocycles. The van der Waals surface area contributed by atoms with Crippen LogP contribution in [-0.4, -0.2) is 81.0 Å². The van der Waals surface area contributed by atoms with Crippen molar-refractivity contribution < 1.29 is 40.2 Å². The summed E-state index contributed by atoms with van der Waals surface area (Å²) in [5.74, 6) is -1.00. The summed E-state index contributed by atoms with van der Waals surface area (Å²) in [5, 5.41) is 55.7. The zero-order chi connectivity index (χ0) is 25.3. The molecule has 1 saturated carbocycles. The number of aliphatic carboxylic acids is 1. The van der Waals surface area contributed by atoms with Crippen molar-refractivity contribution in [1.82, 2.24) is 0 Å². The van der Waals surface area contributed by atoms with E-state index in [1.54, 1.807) is 6.08 Å². The van der Waals surface area contributed by atoms with E-state index in [1.807, 2.05) is 18.2 Å². The molecule has 1 aliphatic rings. The van der Waals surface area contributed by atoms with Crippen molar-refractivity contribution in [2.45, 2.75) is 88.7 Å². The molecule has 0 aliphatic heterocycles. The van der Waals surface area contributed by atoms with Gasteiger partial charge in [-0.05, 0) is 31.6 Å². The lowest BCUT2D eigenvalue weighted by atomic mass is 9.89. The monoisotopic (exact) mass is 475 g/mol. The minimum atomic E-state index is -1.26. The number of aliphatic hydroxyl groups excluding tert-OH is 5. The standard InChI is InChI=1S/C20H34O5.C4H11NO3/c1-2-3-6-9-15(21)12-13-17-16(18(22)14-19(17)23)10-7-4-5-8-11-20(24)25;1-8-4(5,2-6)3-7/h4,7,12-13,15-19,21-23H,2-3,5-6,8-11,14H2,1H3,(H,24,25);6-7H,2-3,5H2,1H3. The summed E-state index contributed by atoms with van der Waals surface area (Å²) < 4.78 is 4.51. The van der Waals surface area contributed by atoms with E-state index in [0.29, 0.717) is 25.7 Å². The fraction of sp³-hybridized carbons (Fsp3) is 0.792. The Morgan fingerprint density at radius 2 is 1.82 bits per heavy atom. The van der Waals surface area contributed by atoms with Crippen LogP contribution in [0.2, 0.25) is 0 Å². The minimum Gasteiger partial charge on any atom is -0.481 e. The second kappa shape index (κ2) is 18.1. The highest BCUT2D eigenvalue weighted by molar-refractivity contribution is 5.66. The first-order chi connectivity index (χ1) is 15.6. The van der Waals surface area contributed by atoms with Crippen molar-refractivity contribution in [3.8, 4) is 0 Å². The second-order valence-corrected chi connectivity index (χ2v) is 8.64. The van der Waals surface area contributed by atoms with Gasteiger partial charge in [0.15, 0.2) is 5.72 Å². The maximum absolute atomic E-state index is 10.5.